The van der Waals surface area contributed by atoms with Gasteiger partial charge >= 0.3 is 24.3 Å². The molecule has 0 bridgehead atoms. The Hall–Kier alpha value is -2.00. The second-order valence-corrected chi connectivity index (χ2v) is 13.1. The summed E-state index contributed by atoms with van der Waals surface area (Å²) >= 11 is 0.747. The molecule has 1 aromatic rings. The molecule has 1 aromatic heterocycles. The van der Waals surface area contributed by atoms with Crippen molar-refractivity contribution >= 4 is 30.0 Å². The molecule has 0 aliphatic carbocycles. The van der Waals surface area contributed by atoms with Crippen LogP contribution in [0.15, 0.2) is 21.9 Å². The number of carbonyl (C=O) groups is 2. The van der Waals surface area contributed by atoms with Crippen LogP contribution < -0.4 is 16.3 Å². The van der Waals surface area contributed by atoms with Gasteiger partial charge in [-0.3, -0.25) is 28.5 Å². The molecule has 0 amide bonds. The van der Waals surface area contributed by atoms with Gasteiger partial charge in [-0.1, -0.05) is 11.4 Å². The molecule has 14 nitrogen and oxygen atoms in total. The van der Waals surface area contributed by atoms with Crippen molar-refractivity contribution in [1.82, 2.24) is 14.6 Å². The average molecular weight is 568 g/mol. The summed E-state index contributed by atoms with van der Waals surface area (Å²) in [6.07, 6.45) is -3.62. The lowest BCUT2D eigenvalue weighted by Gasteiger charge is -2.27. The molecule has 2 rings (SSSR count). The number of aliphatic hydroxyl groups excluding tert-OH is 1. The smallest absolute Gasteiger partial charge is 0.330 e. The predicted octanol–water partition coefficient (Wildman–Crippen LogP) is 0.287. The van der Waals surface area contributed by atoms with E-state index in [2.05, 4.69) is 5.09 Å². The second-order valence-electron chi connectivity index (χ2n) is 8.73. The highest BCUT2D eigenvalue weighted by atomic mass is 32.7. The number of ether oxygens (including phenoxy) is 3. The van der Waals surface area contributed by atoms with Crippen molar-refractivity contribution in [3.63, 3.8) is 0 Å². The molecule has 0 radical (unpaired) electrons. The largest absolute Gasteiger partial charge is 0.466 e. The zero-order valence-corrected chi connectivity index (χ0v) is 23.0. The van der Waals surface area contributed by atoms with Gasteiger partial charge in [-0.2, -0.15) is 0 Å². The lowest BCUT2D eigenvalue weighted by atomic mass is 9.96. The normalized spacial score (nSPS) is 26.0. The molecule has 1 saturated heterocycles. The predicted molar refractivity (Wildman–Crippen MR) is 133 cm³/mol. The first-order valence-electron chi connectivity index (χ1n) is 11.6. The van der Waals surface area contributed by atoms with Crippen molar-refractivity contribution < 1.29 is 43.1 Å². The van der Waals surface area contributed by atoms with E-state index in [0.29, 0.717) is 0 Å². The summed E-state index contributed by atoms with van der Waals surface area (Å²) in [5.41, 5.74) is -3.51. The Kier molecular flexibility index (Phi) is 11.1. The van der Waals surface area contributed by atoms with Gasteiger partial charge in [0.05, 0.1) is 25.7 Å². The van der Waals surface area contributed by atoms with Crippen LogP contribution in [0.3, 0.4) is 0 Å². The topological polar surface area (TPSA) is 195 Å². The first-order valence-corrected chi connectivity index (χ1v) is 14.8. The van der Waals surface area contributed by atoms with Crippen LogP contribution in [0.25, 0.3) is 0 Å². The van der Waals surface area contributed by atoms with Gasteiger partial charge in [0, 0.05) is 18.0 Å². The van der Waals surface area contributed by atoms with Crippen LogP contribution in [0.5, 0.6) is 0 Å². The number of carbonyl (C=O) groups excluding carboxylic acids is 2. The van der Waals surface area contributed by atoms with Crippen LogP contribution in [0.4, 0.5) is 0 Å². The Bertz CT molecular complexity index is 1110. The molecule has 0 spiro atoms. The SMILES string of the molecule is CCOC(=O)CCSP(=O)(NC(C)C(=O)OC(C)C)OCC1OC(n2ccc(=O)[nH]c2=O)C(C)(O)C1O. The maximum Gasteiger partial charge on any atom is 0.330 e. The maximum absolute atomic E-state index is 13.6. The van der Waals surface area contributed by atoms with E-state index in [0.717, 1.165) is 28.2 Å². The van der Waals surface area contributed by atoms with Gasteiger partial charge in [0.25, 0.3) is 5.56 Å². The molecule has 37 heavy (non-hydrogen) atoms. The molecule has 6 unspecified atom stereocenters. The van der Waals surface area contributed by atoms with Gasteiger partial charge in [-0.25, -0.2) is 9.88 Å². The summed E-state index contributed by atoms with van der Waals surface area (Å²) in [7, 11) is 0. The Morgan fingerprint density at radius 2 is 2.03 bits per heavy atom. The summed E-state index contributed by atoms with van der Waals surface area (Å²) in [6.45, 7) is 3.38. The number of aromatic nitrogens is 2. The molecule has 1 fully saturated rings. The molecule has 1 aliphatic heterocycles. The van der Waals surface area contributed by atoms with Crippen molar-refractivity contribution in [2.75, 3.05) is 19.0 Å². The number of hydrogen-bond acceptors (Lipinski definition) is 12. The third-order valence-corrected chi connectivity index (χ3v) is 9.32. The molecule has 0 aromatic carbocycles. The lowest BCUT2D eigenvalue weighted by Crippen LogP contribution is -2.46. The number of esters is 2. The van der Waals surface area contributed by atoms with Crippen LogP contribution in [0, 0.1) is 0 Å². The van der Waals surface area contributed by atoms with E-state index < -0.39 is 72.7 Å². The quantitative estimate of drug-likeness (QED) is 0.188. The fourth-order valence-electron chi connectivity index (χ4n) is 3.38. The standard InChI is InChI=1S/C21H34N3O11PS/c1-6-32-16(26)8-10-37-36(31,23-13(4)18(28)34-12(2)3)33-11-14-17(27)21(5,30)19(35-14)24-9-7-15(25)22-20(24)29/h7,9,12-14,17,19,27,30H,6,8,10-11H2,1-5H3,(H,23,31)(H,22,25,29). The Labute approximate surface area is 217 Å². The van der Waals surface area contributed by atoms with Gasteiger partial charge in [-0.05, 0) is 34.6 Å². The number of hydrogen-bond donors (Lipinski definition) is 4. The Balaban J connectivity index is 2.17. The number of H-pyrrole nitrogens is 1. The van der Waals surface area contributed by atoms with Crippen molar-refractivity contribution in [3.05, 3.63) is 33.1 Å². The van der Waals surface area contributed by atoms with Gasteiger partial charge in [0.15, 0.2) is 6.23 Å². The third-order valence-electron chi connectivity index (χ3n) is 5.20. The van der Waals surface area contributed by atoms with E-state index in [1.54, 1.807) is 20.8 Å². The van der Waals surface area contributed by atoms with Gasteiger partial charge in [-0.15, -0.1) is 0 Å². The van der Waals surface area contributed by atoms with Crippen LogP contribution in [-0.4, -0.2) is 80.6 Å². The monoisotopic (exact) mass is 567 g/mol. The van der Waals surface area contributed by atoms with E-state index >= 15 is 0 Å². The third kappa shape index (κ3) is 8.50. The molecular formula is C21H34N3O11PS. The first kappa shape index (κ1) is 31.2. The van der Waals surface area contributed by atoms with Crippen molar-refractivity contribution in [2.45, 2.75) is 77.2 Å². The summed E-state index contributed by atoms with van der Waals surface area (Å²) in [5, 5.41) is 24.1. The molecule has 210 valence electrons. The Morgan fingerprint density at radius 1 is 1.35 bits per heavy atom. The summed E-state index contributed by atoms with van der Waals surface area (Å²) < 4.78 is 35.7. The summed E-state index contributed by atoms with van der Waals surface area (Å²) in [5.74, 6) is -1.16. The minimum absolute atomic E-state index is 0.0241. The number of aliphatic hydroxyl groups is 2. The zero-order valence-electron chi connectivity index (χ0n) is 21.2. The highest BCUT2D eigenvalue weighted by Gasteiger charge is 2.54. The number of rotatable bonds is 13. The molecule has 0 saturated carbocycles. The van der Waals surface area contributed by atoms with Crippen molar-refractivity contribution in [1.29, 1.82) is 0 Å². The molecule has 4 N–H and O–H groups in total. The first-order chi connectivity index (χ1) is 17.2. The lowest BCUT2D eigenvalue weighted by molar-refractivity contribution is -0.149. The van der Waals surface area contributed by atoms with Gasteiger partial charge in [0.1, 0.15) is 23.9 Å². The van der Waals surface area contributed by atoms with Crippen LogP contribution in [0.1, 0.15) is 47.3 Å². The number of nitrogens with zero attached hydrogens (tertiary/aromatic N) is 1. The highest BCUT2D eigenvalue weighted by molar-refractivity contribution is 8.56. The number of nitrogens with one attached hydrogen (secondary N) is 2. The molecule has 2 heterocycles. The maximum atomic E-state index is 13.6. The fourth-order valence-corrected chi connectivity index (χ4v) is 7.12. The number of aromatic amines is 1. The minimum Gasteiger partial charge on any atom is -0.466 e. The van der Waals surface area contributed by atoms with E-state index in [1.165, 1.54) is 13.8 Å². The van der Waals surface area contributed by atoms with Crippen LogP contribution in [-0.2, 0) is 32.9 Å². The second kappa shape index (κ2) is 13.2. The van der Waals surface area contributed by atoms with Crippen LogP contribution in [0.2, 0.25) is 0 Å². The van der Waals surface area contributed by atoms with Gasteiger partial charge in [0.2, 0.25) is 0 Å². The molecule has 16 heteroatoms. The fraction of sp³-hybridized carbons (Fsp3) is 0.714. The van der Waals surface area contributed by atoms with Crippen LogP contribution >= 0.6 is 18.1 Å². The minimum atomic E-state index is -3.91. The van der Waals surface area contributed by atoms with E-state index in [-0.39, 0.29) is 18.8 Å². The average Bonchev–Trinajstić information content (AvgIpc) is 3.01. The summed E-state index contributed by atoms with van der Waals surface area (Å²) in [6, 6.07) is 0.000746. The molecule has 1 aliphatic rings. The van der Waals surface area contributed by atoms with E-state index in [9.17, 15) is 34.0 Å². The highest BCUT2D eigenvalue weighted by Crippen LogP contribution is 2.57. The molecular weight excluding hydrogens is 533 g/mol. The Morgan fingerprint density at radius 3 is 2.62 bits per heavy atom. The van der Waals surface area contributed by atoms with E-state index in [1.807, 2.05) is 4.98 Å². The van der Waals surface area contributed by atoms with Crippen molar-refractivity contribution in [3.8, 4) is 0 Å². The van der Waals surface area contributed by atoms with E-state index in [4.69, 9.17) is 18.7 Å². The molecule has 6 atom stereocenters. The zero-order chi connectivity index (χ0) is 28.0. The van der Waals surface area contributed by atoms with Gasteiger partial charge < -0.3 is 28.9 Å². The summed E-state index contributed by atoms with van der Waals surface area (Å²) in [4.78, 5) is 49.5. The van der Waals surface area contributed by atoms with Crippen molar-refractivity contribution in [2.24, 2.45) is 0 Å².